The van der Waals surface area contributed by atoms with E-state index < -0.39 is 0 Å². The van der Waals surface area contributed by atoms with E-state index in [1.807, 2.05) is 0 Å². The fourth-order valence-corrected chi connectivity index (χ4v) is 3.61. The number of halogens is 1. The highest BCUT2D eigenvalue weighted by Gasteiger charge is 2.33. The quantitative estimate of drug-likeness (QED) is 0.833. The van der Waals surface area contributed by atoms with Gasteiger partial charge in [-0.2, -0.15) is 0 Å². The van der Waals surface area contributed by atoms with Gasteiger partial charge < -0.3 is 15.0 Å². The second-order valence-electron chi connectivity index (χ2n) is 5.81. The lowest BCUT2D eigenvalue weighted by atomic mass is 10.1. The number of ether oxygens (including phenoxy) is 1. The van der Waals surface area contributed by atoms with Crippen LogP contribution in [0.15, 0.2) is 22.7 Å². The number of morpholine rings is 1. The van der Waals surface area contributed by atoms with Crippen molar-refractivity contribution in [3.8, 4) is 0 Å². The predicted molar refractivity (Wildman–Crippen MR) is 86.2 cm³/mol. The molecule has 0 amide bonds. The minimum Gasteiger partial charge on any atom is -0.371 e. The molecule has 0 spiro atoms. The number of nitrogens with one attached hydrogen (secondary N) is 1. The molecule has 4 heteroatoms. The van der Waals surface area contributed by atoms with Gasteiger partial charge in [-0.15, -0.1) is 0 Å². The number of nitrogens with zero attached hydrogens (tertiary/aromatic N) is 1. The van der Waals surface area contributed by atoms with Crippen LogP contribution in [0.5, 0.6) is 0 Å². The zero-order valence-electron chi connectivity index (χ0n) is 12.1. The maximum Gasteiger partial charge on any atom is 0.0755 e. The Bertz CT molecular complexity index is 454. The van der Waals surface area contributed by atoms with Crippen molar-refractivity contribution >= 4 is 21.6 Å². The summed E-state index contributed by atoms with van der Waals surface area (Å²) < 4.78 is 7.11. The Morgan fingerprint density at radius 2 is 2.05 bits per heavy atom. The first kappa shape index (κ1) is 14.4. The number of rotatable bonds is 5. The van der Waals surface area contributed by atoms with E-state index in [0.29, 0.717) is 12.2 Å². The lowest BCUT2D eigenvalue weighted by molar-refractivity contribution is 0.0305. The molecule has 3 rings (SSSR count). The van der Waals surface area contributed by atoms with Gasteiger partial charge in [0.25, 0.3) is 0 Å². The molecule has 2 saturated heterocycles. The van der Waals surface area contributed by atoms with Crippen LogP contribution in [0.2, 0.25) is 0 Å². The lowest BCUT2D eigenvalue weighted by Gasteiger charge is -2.34. The molecule has 2 heterocycles. The van der Waals surface area contributed by atoms with Gasteiger partial charge in [-0.3, -0.25) is 0 Å². The van der Waals surface area contributed by atoms with Crippen molar-refractivity contribution in [2.24, 2.45) is 0 Å². The summed E-state index contributed by atoms with van der Waals surface area (Å²) in [6, 6.07) is 6.74. The number of hydrogen-bond acceptors (Lipinski definition) is 3. The van der Waals surface area contributed by atoms with E-state index in [2.05, 4.69) is 51.3 Å². The molecule has 0 aliphatic carbocycles. The summed E-state index contributed by atoms with van der Waals surface area (Å²) in [5.74, 6) is 0. The topological polar surface area (TPSA) is 24.5 Å². The van der Waals surface area contributed by atoms with Gasteiger partial charge >= 0.3 is 0 Å². The fourth-order valence-electron chi connectivity index (χ4n) is 3.10. The van der Waals surface area contributed by atoms with Gasteiger partial charge in [0.2, 0.25) is 0 Å². The normalized spacial score (nSPS) is 25.2. The van der Waals surface area contributed by atoms with E-state index in [-0.39, 0.29) is 0 Å². The van der Waals surface area contributed by atoms with Crippen molar-refractivity contribution in [1.82, 2.24) is 5.32 Å². The van der Waals surface area contributed by atoms with Crippen molar-refractivity contribution in [2.45, 2.75) is 44.9 Å². The molecule has 2 aliphatic heterocycles. The molecule has 2 fully saturated rings. The standard InChI is InChI=1S/C16H23BrN2O/c1-2-7-18-9-12-3-4-13(8-16(12)17)19-10-14-5-6-15(11-19)20-14/h3-4,8,14-15,18H,2,5-7,9-11H2,1H3. The Hall–Kier alpha value is -0.580. The van der Waals surface area contributed by atoms with E-state index in [1.165, 1.54) is 35.0 Å². The zero-order chi connectivity index (χ0) is 13.9. The summed E-state index contributed by atoms with van der Waals surface area (Å²) in [7, 11) is 0. The molecular weight excluding hydrogens is 316 g/mol. The number of hydrogen-bond donors (Lipinski definition) is 1. The van der Waals surface area contributed by atoms with E-state index >= 15 is 0 Å². The third-order valence-corrected chi connectivity index (χ3v) is 4.93. The number of fused-ring (bicyclic) bond motifs is 2. The van der Waals surface area contributed by atoms with Gasteiger partial charge in [0.05, 0.1) is 12.2 Å². The van der Waals surface area contributed by atoms with Crippen LogP contribution in [-0.2, 0) is 11.3 Å². The summed E-state index contributed by atoms with van der Waals surface area (Å²) in [5, 5.41) is 3.45. The maximum atomic E-state index is 5.91. The minimum atomic E-state index is 0.443. The average molecular weight is 339 g/mol. The van der Waals surface area contributed by atoms with E-state index in [1.54, 1.807) is 0 Å². The second-order valence-corrected chi connectivity index (χ2v) is 6.67. The molecule has 2 aliphatic rings. The van der Waals surface area contributed by atoms with Crippen LogP contribution in [0.25, 0.3) is 0 Å². The van der Waals surface area contributed by atoms with Crippen molar-refractivity contribution < 1.29 is 4.74 Å². The third-order valence-electron chi connectivity index (χ3n) is 4.19. The van der Waals surface area contributed by atoms with E-state index in [9.17, 15) is 0 Å². The first-order chi connectivity index (χ1) is 9.76. The van der Waals surface area contributed by atoms with Crippen LogP contribution in [0.4, 0.5) is 5.69 Å². The van der Waals surface area contributed by atoms with Gasteiger partial charge in [0.15, 0.2) is 0 Å². The Balaban J connectivity index is 1.67. The van der Waals surface area contributed by atoms with Crippen LogP contribution in [-0.4, -0.2) is 31.8 Å². The minimum absolute atomic E-state index is 0.443. The van der Waals surface area contributed by atoms with Crippen LogP contribution in [0, 0.1) is 0 Å². The molecular formula is C16H23BrN2O. The second kappa shape index (κ2) is 6.46. The predicted octanol–water partition coefficient (Wildman–Crippen LogP) is 3.32. The maximum absolute atomic E-state index is 5.91. The highest BCUT2D eigenvalue weighted by atomic mass is 79.9. The van der Waals surface area contributed by atoms with Gasteiger partial charge in [-0.25, -0.2) is 0 Å². The molecule has 0 saturated carbocycles. The van der Waals surface area contributed by atoms with Crippen molar-refractivity contribution in [3.05, 3.63) is 28.2 Å². The molecule has 3 nitrogen and oxygen atoms in total. The summed E-state index contributed by atoms with van der Waals surface area (Å²) in [6.45, 7) is 6.27. The average Bonchev–Trinajstić information content (AvgIpc) is 2.79. The van der Waals surface area contributed by atoms with Crippen LogP contribution >= 0.6 is 15.9 Å². The summed E-state index contributed by atoms with van der Waals surface area (Å²) in [5.41, 5.74) is 2.65. The summed E-state index contributed by atoms with van der Waals surface area (Å²) in [6.07, 6.45) is 4.51. The van der Waals surface area contributed by atoms with Gasteiger partial charge in [-0.05, 0) is 43.5 Å². The van der Waals surface area contributed by atoms with Crippen molar-refractivity contribution in [1.29, 1.82) is 0 Å². The smallest absolute Gasteiger partial charge is 0.0755 e. The number of benzene rings is 1. The zero-order valence-corrected chi connectivity index (χ0v) is 13.7. The molecule has 0 aromatic heterocycles. The molecule has 2 atom stereocenters. The Morgan fingerprint density at radius 1 is 1.30 bits per heavy atom. The highest BCUT2D eigenvalue weighted by Crippen LogP contribution is 2.31. The first-order valence-corrected chi connectivity index (χ1v) is 8.45. The largest absolute Gasteiger partial charge is 0.371 e. The first-order valence-electron chi connectivity index (χ1n) is 7.66. The fraction of sp³-hybridized carbons (Fsp3) is 0.625. The molecule has 1 N–H and O–H groups in total. The van der Waals surface area contributed by atoms with Crippen molar-refractivity contribution in [3.63, 3.8) is 0 Å². The third kappa shape index (κ3) is 3.18. The lowest BCUT2D eigenvalue weighted by Crippen LogP contribution is -2.42. The van der Waals surface area contributed by atoms with Gasteiger partial charge in [0, 0.05) is 29.8 Å². The monoisotopic (exact) mass is 338 g/mol. The van der Waals surface area contributed by atoms with E-state index in [0.717, 1.165) is 26.2 Å². The van der Waals surface area contributed by atoms with Crippen LogP contribution in [0.3, 0.4) is 0 Å². The SMILES string of the molecule is CCCNCc1ccc(N2CC3CCC(C2)O3)cc1Br. The summed E-state index contributed by atoms with van der Waals surface area (Å²) in [4.78, 5) is 2.47. The Morgan fingerprint density at radius 3 is 2.70 bits per heavy atom. The molecule has 0 radical (unpaired) electrons. The Labute approximate surface area is 129 Å². The molecule has 2 bridgehead atoms. The molecule has 20 heavy (non-hydrogen) atoms. The Kier molecular flexibility index (Phi) is 4.64. The molecule has 2 unspecified atom stereocenters. The number of anilines is 1. The molecule has 1 aromatic rings. The van der Waals surface area contributed by atoms with Gasteiger partial charge in [-0.1, -0.05) is 28.9 Å². The summed E-state index contributed by atoms with van der Waals surface area (Å²) >= 11 is 3.71. The van der Waals surface area contributed by atoms with E-state index in [4.69, 9.17) is 4.74 Å². The van der Waals surface area contributed by atoms with Crippen LogP contribution in [0.1, 0.15) is 31.7 Å². The van der Waals surface area contributed by atoms with Crippen LogP contribution < -0.4 is 10.2 Å². The van der Waals surface area contributed by atoms with Gasteiger partial charge in [0.1, 0.15) is 0 Å². The molecule has 110 valence electrons. The van der Waals surface area contributed by atoms with Crippen molar-refractivity contribution in [2.75, 3.05) is 24.5 Å². The highest BCUT2D eigenvalue weighted by molar-refractivity contribution is 9.10. The molecule has 1 aromatic carbocycles.